The highest BCUT2D eigenvalue weighted by atomic mass is 19.1. The number of aromatic nitrogens is 2. The van der Waals surface area contributed by atoms with Gasteiger partial charge in [-0.15, -0.1) is 0 Å². The Morgan fingerprint density at radius 1 is 1.44 bits per heavy atom. The normalized spacial score (nSPS) is 23.7. The van der Waals surface area contributed by atoms with Gasteiger partial charge in [0.15, 0.2) is 11.6 Å². The predicted octanol–water partition coefficient (Wildman–Crippen LogP) is 0.864. The van der Waals surface area contributed by atoms with Crippen molar-refractivity contribution in [2.24, 2.45) is 11.8 Å². The number of hydrazine groups is 1. The quantitative estimate of drug-likeness (QED) is 0.471. The van der Waals surface area contributed by atoms with Crippen LogP contribution in [0.2, 0.25) is 0 Å². The van der Waals surface area contributed by atoms with Crippen LogP contribution in [0.4, 0.5) is 16.2 Å². The number of nitrogens with zero attached hydrogens (tertiary/aromatic N) is 2. The van der Waals surface area contributed by atoms with E-state index in [4.69, 9.17) is 5.84 Å². The Labute approximate surface area is 105 Å². The Bertz CT molecular complexity index is 403. The van der Waals surface area contributed by atoms with Gasteiger partial charge >= 0.3 is 0 Å². The van der Waals surface area contributed by atoms with Crippen LogP contribution in [0.5, 0.6) is 0 Å². The molecule has 1 aliphatic carbocycles. The van der Waals surface area contributed by atoms with E-state index in [0.717, 1.165) is 31.9 Å². The molecule has 18 heavy (non-hydrogen) atoms. The molecule has 1 fully saturated rings. The van der Waals surface area contributed by atoms with Gasteiger partial charge in [0.05, 0.1) is 6.20 Å². The van der Waals surface area contributed by atoms with Gasteiger partial charge in [-0.05, 0) is 12.8 Å². The summed E-state index contributed by atoms with van der Waals surface area (Å²) in [6.07, 6.45) is 5.10. The Morgan fingerprint density at radius 2 is 2.22 bits per heavy atom. The molecule has 0 spiro atoms. The van der Waals surface area contributed by atoms with Crippen molar-refractivity contribution in [1.29, 1.82) is 0 Å². The van der Waals surface area contributed by atoms with Crippen molar-refractivity contribution in [3.05, 3.63) is 12.0 Å². The van der Waals surface area contributed by atoms with Gasteiger partial charge in [0.1, 0.15) is 0 Å². The lowest BCUT2D eigenvalue weighted by Gasteiger charge is -2.31. The first-order valence-corrected chi connectivity index (χ1v) is 6.11. The summed E-state index contributed by atoms with van der Waals surface area (Å²) in [4.78, 5) is 7.62. The van der Waals surface area contributed by atoms with E-state index in [1.165, 1.54) is 0 Å². The summed E-state index contributed by atoms with van der Waals surface area (Å²) in [5.41, 5.74) is 2.28. The molecule has 6 nitrogen and oxygen atoms in total. The topological polar surface area (TPSA) is 96.1 Å². The molecule has 1 saturated carbocycles. The smallest absolute Gasteiger partial charge is 0.239 e. The zero-order valence-electron chi connectivity index (χ0n) is 10.1. The second kappa shape index (κ2) is 5.92. The van der Waals surface area contributed by atoms with Gasteiger partial charge in [-0.2, -0.15) is 4.98 Å². The van der Waals surface area contributed by atoms with Gasteiger partial charge in [0.2, 0.25) is 5.95 Å². The van der Waals surface area contributed by atoms with E-state index in [1.807, 2.05) is 0 Å². The zero-order valence-corrected chi connectivity index (χ0v) is 10.1. The largest absolute Gasteiger partial charge is 0.396 e. The monoisotopic (exact) mass is 255 g/mol. The second-order valence-corrected chi connectivity index (χ2v) is 4.51. The molecular weight excluding hydrogens is 237 g/mol. The van der Waals surface area contributed by atoms with Crippen LogP contribution >= 0.6 is 0 Å². The van der Waals surface area contributed by atoms with Crippen molar-refractivity contribution < 1.29 is 9.50 Å². The van der Waals surface area contributed by atoms with E-state index in [-0.39, 0.29) is 30.3 Å². The highest BCUT2D eigenvalue weighted by molar-refractivity contribution is 5.41. The second-order valence-electron chi connectivity index (χ2n) is 4.51. The fourth-order valence-corrected chi connectivity index (χ4v) is 2.33. The summed E-state index contributed by atoms with van der Waals surface area (Å²) in [6.45, 7) is 0.104. The van der Waals surface area contributed by atoms with E-state index in [0.29, 0.717) is 0 Å². The van der Waals surface area contributed by atoms with Crippen molar-refractivity contribution in [3.63, 3.8) is 0 Å². The number of aliphatic hydroxyl groups excluding tert-OH is 1. The molecule has 1 heterocycles. The molecule has 0 aliphatic heterocycles. The third-order valence-electron chi connectivity index (χ3n) is 3.34. The third kappa shape index (κ3) is 2.85. The van der Waals surface area contributed by atoms with E-state index >= 15 is 0 Å². The fourth-order valence-electron chi connectivity index (χ4n) is 2.33. The number of nitrogens with two attached hydrogens (primary N) is 1. The molecule has 2 rings (SSSR count). The first-order valence-electron chi connectivity index (χ1n) is 6.11. The lowest BCUT2D eigenvalue weighted by molar-refractivity contribution is 0.178. The highest BCUT2D eigenvalue weighted by Gasteiger charge is 2.25. The van der Waals surface area contributed by atoms with E-state index in [2.05, 4.69) is 20.7 Å². The number of nitrogen functional groups attached to an aromatic ring is 1. The molecule has 1 aromatic rings. The number of hydrogen-bond donors (Lipinski definition) is 4. The first kappa shape index (κ1) is 13.0. The van der Waals surface area contributed by atoms with Gasteiger partial charge < -0.3 is 10.4 Å². The van der Waals surface area contributed by atoms with Crippen molar-refractivity contribution >= 4 is 11.8 Å². The van der Waals surface area contributed by atoms with Crippen LogP contribution in [0, 0.1) is 11.7 Å². The number of hydrogen-bond acceptors (Lipinski definition) is 6. The summed E-state index contributed by atoms with van der Waals surface area (Å²) in [5, 5.41) is 12.4. The molecule has 7 heteroatoms. The van der Waals surface area contributed by atoms with Crippen LogP contribution in [-0.4, -0.2) is 27.7 Å². The summed E-state index contributed by atoms with van der Waals surface area (Å²) in [5.74, 6) is 5.10. The zero-order chi connectivity index (χ0) is 13.0. The molecular formula is C11H18FN5O. The van der Waals surface area contributed by atoms with Crippen LogP contribution < -0.4 is 16.6 Å². The standard InChI is InChI=1S/C11H18FN5O/c12-8-5-14-11(17-13)16-10(8)15-9-4-2-1-3-7(9)6-18/h5,7,9,18H,1-4,6,13H2,(H2,14,15,16,17). The van der Waals surface area contributed by atoms with Crippen LogP contribution in [0.25, 0.3) is 0 Å². The molecule has 2 atom stereocenters. The number of halogens is 1. The average Bonchev–Trinajstić information content (AvgIpc) is 2.42. The molecule has 5 N–H and O–H groups in total. The van der Waals surface area contributed by atoms with Crippen molar-refractivity contribution in [2.75, 3.05) is 17.3 Å². The number of aliphatic hydroxyl groups is 1. The fraction of sp³-hybridized carbons (Fsp3) is 0.636. The van der Waals surface area contributed by atoms with E-state index < -0.39 is 5.82 Å². The minimum Gasteiger partial charge on any atom is -0.396 e. The molecule has 0 bridgehead atoms. The molecule has 100 valence electrons. The molecule has 1 aromatic heterocycles. The van der Waals surface area contributed by atoms with E-state index in [1.54, 1.807) is 0 Å². The van der Waals surface area contributed by atoms with Crippen LogP contribution in [0.15, 0.2) is 6.20 Å². The number of anilines is 2. The maximum atomic E-state index is 13.6. The SMILES string of the molecule is NNc1ncc(F)c(NC2CCCCC2CO)n1. The average molecular weight is 255 g/mol. The third-order valence-corrected chi connectivity index (χ3v) is 3.34. The van der Waals surface area contributed by atoms with Gasteiger partial charge in [-0.25, -0.2) is 15.2 Å². The molecule has 0 aromatic carbocycles. The molecule has 0 amide bonds. The van der Waals surface area contributed by atoms with Crippen molar-refractivity contribution in [1.82, 2.24) is 9.97 Å². The Hall–Kier alpha value is -1.47. The van der Waals surface area contributed by atoms with Crippen molar-refractivity contribution in [2.45, 2.75) is 31.7 Å². The van der Waals surface area contributed by atoms with Gasteiger partial charge in [-0.3, -0.25) is 5.43 Å². The first-order chi connectivity index (χ1) is 8.74. The van der Waals surface area contributed by atoms with E-state index in [9.17, 15) is 9.50 Å². The molecule has 1 aliphatic rings. The summed E-state index contributed by atoms with van der Waals surface area (Å²) < 4.78 is 13.6. The Balaban J connectivity index is 2.11. The van der Waals surface area contributed by atoms with Gasteiger partial charge in [0, 0.05) is 18.6 Å². The minimum absolute atomic E-state index is 0.0405. The molecule has 2 unspecified atom stereocenters. The lowest BCUT2D eigenvalue weighted by Crippen LogP contribution is -2.35. The Morgan fingerprint density at radius 3 is 2.94 bits per heavy atom. The van der Waals surface area contributed by atoms with Crippen molar-refractivity contribution in [3.8, 4) is 0 Å². The number of rotatable bonds is 4. The van der Waals surface area contributed by atoms with Gasteiger partial charge in [0.25, 0.3) is 0 Å². The summed E-state index contributed by atoms with van der Waals surface area (Å²) in [6, 6.07) is 0.0405. The minimum atomic E-state index is -0.517. The molecule has 0 radical (unpaired) electrons. The predicted molar refractivity (Wildman–Crippen MR) is 66.3 cm³/mol. The van der Waals surface area contributed by atoms with Gasteiger partial charge in [-0.1, -0.05) is 12.8 Å². The Kier molecular flexibility index (Phi) is 4.27. The molecule has 0 saturated heterocycles. The number of nitrogens with one attached hydrogen (secondary N) is 2. The van der Waals surface area contributed by atoms with Crippen LogP contribution in [0.3, 0.4) is 0 Å². The maximum Gasteiger partial charge on any atom is 0.239 e. The lowest BCUT2D eigenvalue weighted by atomic mass is 9.85. The summed E-state index contributed by atoms with van der Waals surface area (Å²) >= 11 is 0. The summed E-state index contributed by atoms with van der Waals surface area (Å²) in [7, 11) is 0. The van der Waals surface area contributed by atoms with Crippen LogP contribution in [-0.2, 0) is 0 Å². The van der Waals surface area contributed by atoms with Crippen LogP contribution in [0.1, 0.15) is 25.7 Å². The highest BCUT2D eigenvalue weighted by Crippen LogP contribution is 2.27. The maximum absolute atomic E-state index is 13.6.